The number of anilines is 1. The largest absolute Gasteiger partial charge is 0.301 e. The zero-order chi connectivity index (χ0) is 24.1. The van der Waals surface area contributed by atoms with Crippen LogP contribution in [0.15, 0.2) is 70.9 Å². The van der Waals surface area contributed by atoms with E-state index in [9.17, 15) is 4.79 Å². The summed E-state index contributed by atoms with van der Waals surface area (Å²) < 4.78 is 2.85. The topological polar surface area (TPSA) is 72.7 Å². The van der Waals surface area contributed by atoms with Gasteiger partial charge in [-0.3, -0.25) is 9.36 Å². The molecule has 2 aromatic carbocycles. The van der Waals surface area contributed by atoms with Gasteiger partial charge in [-0.25, -0.2) is 4.98 Å². The highest BCUT2D eigenvalue weighted by Gasteiger charge is 2.17. The van der Waals surface area contributed by atoms with Gasteiger partial charge in [-0.15, -0.1) is 28.1 Å². The van der Waals surface area contributed by atoms with Gasteiger partial charge in [0.15, 0.2) is 16.1 Å². The first-order chi connectivity index (χ1) is 16.4. The van der Waals surface area contributed by atoms with Crippen LogP contribution in [0, 0.1) is 0 Å². The maximum absolute atomic E-state index is 12.6. The lowest BCUT2D eigenvalue weighted by molar-refractivity contribution is -0.113. The Morgan fingerprint density at radius 2 is 2.06 bits per heavy atom. The van der Waals surface area contributed by atoms with Gasteiger partial charge in [0.1, 0.15) is 0 Å². The quantitative estimate of drug-likeness (QED) is 0.167. The Bertz CT molecular complexity index is 1340. The summed E-state index contributed by atoms with van der Waals surface area (Å²) in [6.45, 7) is 4.35. The Kier molecular flexibility index (Phi) is 8.44. The summed E-state index contributed by atoms with van der Waals surface area (Å²) in [6.07, 6.45) is 4.09. The monoisotopic (exact) mass is 593 g/mol. The van der Waals surface area contributed by atoms with Crippen molar-refractivity contribution in [2.24, 2.45) is 0 Å². The zero-order valence-corrected chi connectivity index (χ0v) is 22.4. The number of hydrogen-bond acceptors (Lipinski definition) is 6. The van der Waals surface area contributed by atoms with Gasteiger partial charge in [-0.05, 0) is 29.8 Å². The molecule has 11 heteroatoms. The molecule has 0 bridgehead atoms. The molecule has 1 N–H and O–H groups in total. The fraction of sp³-hybridized carbons (Fsp3) is 0.130. The summed E-state index contributed by atoms with van der Waals surface area (Å²) in [5, 5.41) is 13.9. The van der Waals surface area contributed by atoms with Gasteiger partial charge in [0.05, 0.1) is 5.75 Å². The molecule has 0 saturated carbocycles. The van der Waals surface area contributed by atoms with E-state index in [1.165, 1.54) is 23.1 Å². The van der Waals surface area contributed by atoms with E-state index >= 15 is 0 Å². The minimum atomic E-state index is -0.178. The molecular formula is C23H18BrCl2N5OS2. The number of carbonyl (C=O) groups excluding carboxylic acids is 1. The fourth-order valence-corrected chi connectivity index (χ4v) is 5.57. The van der Waals surface area contributed by atoms with E-state index in [4.69, 9.17) is 23.2 Å². The van der Waals surface area contributed by atoms with Crippen LogP contribution in [-0.2, 0) is 17.8 Å². The molecule has 0 aliphatic heterocycles. The fourth-order valence-electron chi connectivity index (χ4n) is 3.13. The van der Waals surface area contributed by atoms with Crippen LogP contribution >= 0.6 is 62.2 Å². The Morgan fingerprint density at radius 1 is 1.24 bits per heavy atom. The second-order valence-electron chi connectivity index (χ2n) is 7.07. The molecule has 0 spiro atoms. The number of nitrogens with zero attached hydrogens (tertiary/aromatic N) is 4. The van der Waals surface area contributed by atoms with Crippen molar-refractivity contribution >= 4 is 73.3 Å². The minimum absolute atomic E-state index is 0.167. The maximum atomic E-state index is 12.6. The zero-order valence-electron chi connectivity index (χ0n) is 17.7. The van der Waals surface area contributed by atoms with E-state index in [1.807, 2.05) is 34.9 Å². The van der Waals surface area contributed by atoms with Gasteiger partial charge in [0.25, 0.3) is 0 Å². The normalized spacial score (nSPS) is 10.9. The van der Waals surface area contributed by atoms with Gasteiger partial charge < -0.3 is 5.32 Å². The van der Waals surface area contributed by atoms with Crippen LogP contribution < -0.4 is 5.32 Å². The first kappa shape index (κ1) is 24.9. The first-order valence-corrected chi connectivity index (χ1v) is 13.4. The van der Waals surface area contributed by atoms with Crippen molar-refractivity contribution in [1.82, 2.24) is 19.7 Å². The Hall–Kier alpha value is -2.17. The standard InChI is InChI=1S/C23H18BrCl2N5OS2/c1-2-9-31-21(17-5-3-4-6-18(17)24)29-30-23(31)33-13-20(32)28-22-27-12-16(34-22)11-14-10-15(25)7-8-19(14)26/h2-8,10,12H,1,9,11,13H2,(H,27,28,32). The molecule has 4 rings (SSSR count). The summed E-state index contributed by atoms with van der Waals surface area (Å²) >= 11 is 18.6. The van der Waals surface area contributed by atoms with E-state index < -0.39 is 0 Å². The summed E-state index contributed by atoms with van der Waals surface area (Å²) in [5.41, 5.74) is 1.83. The molecule has 0 saturated heterocycles. The molecule has 6 nitrogen and oxygen atoms in total. The van der Waals surface area contributed by atoms with Gasteiger partial charge >= 0.3 is 0 Å². The SMILES string of the molecule is C=CCn1c(SCC(=O)Nc2ncc(Cc3cc(Cl)ccc3Cl)s2)nnc1-c1ccccc1Br. The second-order valence-corrected chi connectivity index (χ2v) is 10.8. The van der Waals surface area contributed by atoms with Crippen LogP contribution in [0.3, 0.4) is 0 Å². The number of halogens is 3. The van der Waals surface area contributed by atoms with Crippen molar-refractivity contribution in [3.05, 3.63) is 86.3 Å². The highest BCUT2D eigenvalue weighted by Crippen LogP contribution is 2.30. The van der Waals surface area contributed by atoms with Crippen molar-refractivity contribution in [1.29, 1.82) is 0 Å². The van der Waals surface area contributed by atoms with Gasteiger partial charge in [-0.1, -0.05) is 75.2 Å². The molecule has 34 heavy (non-hydrogen) atoms. The molecule has 1 amide bonds. The average Bonchev–Trinajstić information content (AvgIpc) is 3.42. The third-order valence-corrected chi connectivity index (χ3v) is 7.82. The molecule has 0 aliphatic rings. The summed E-state index contributed by atoms with van der Waals surface area (Å²) in [4.78, 5) is 17.8. The van der Waals surface area contributed by atoms with Crippen molar-refractivity contribution in [3.63, 3.8) is 0 Å². The van der Waals surface area contributed by atoms with E-state index in [-0.39, 0.29) is 11.7 Å². The number of hydrogen-bond donors (Lipinski definition) is 1. The maximum Gasteiger partial charge on any atom is 0.236 e. The molecule has 2 heterocycles. The van der Waals surface area contributed by atoms with Crippen LogP contribution in [-0.4, -0.2) is 31.4 Å². The summed E-state index contributed by atoms with van der Waals surface area (Å²) in [6, 6.07) is 13.1. The predicted molar refractivity (Wildman–Crippen MR) is 144 cm³/mol. The summed E-state index contributed by atoms with van der Waals surface area (Å²) in [5.74, 6) is 0.696. The van der Waals surface area contributed by atoms with Crippen LogP contribution in [0.25, 0.3) is 11.4 Å². The van der Waals surface area contributed by atoms with Crippen LogP contribution in [0.5, 0.6) is 0 Å². The number of allylic oxidation sites excluding steroid dienone is 1. The van der Waals surface area contributed by atoms with Gasteiger partial charge in [0, 0.05) is 44.1 Å². The number of amides is 1. The van der Waals surface area contributed by atoms with E-state index in [1.54, 1.807) is 24.4 Å². The smallest absolute Gasteiger partial charge is 0.236 e. The third-order valence-electron chi connectivity index (χ3n) is 4.65. The van der Waals surface area contributed by atoms with Crippen molar-refractivity contribution in [2.75, 3.05) is 11.1 Å². The molecule has 0 atom stereocenters. The number of nitrogens with one attached hydrogen (secondary N) is 1. The van der Waals surface area contributed by atoms with Crippen molar-refractivity contribution in [3.8, 4) is 11.4 Å². The molecule has 0 aliphatic carbocycles. The first-order valence-electron chi connectivity index (χ1n) is 10.0. The lowest BCUT2D eigenvalue weighted by Crippen LogP contribution is -2.14. The molecule has 0 fully saturated rings. The summed E-state index contributed by atoms with van der Waals surface area (Å²) in [7, 11) is 0. The Labute approximate surface area is 223 Å². The number of thioether (sulfide) groups is 1. The van der Waals surface area contributed by atoms with E-state index in [2.05, 4.69) is 43.0 Å². The van der Waals surface area contributed by atoms with Crippen LogP contribution in [0.4, 0.5) is 5.13 Å². The van der Waals surface area contributed by atoms with Crippen LogP contribution in [0.2, 0.25) is 10.0 Å². The minimum Gasteiger partial charge on any atom is -0.301 e. The van der Waals surface area contributed by atoms with Gasteiger partial charge in [0.2, 0.25) is 5.91 Å². The number of thiazole rings is 1. The van der Waals surface area contributed by atoms with Gasteiger partial charge in [-0.2, -0.15) is 0 Å². The third kappa shape index (κ3) is 6.09. The number of benzene rings is 2. The highest BCUT2D eigenvalue weighted by molar-refractivity contribution is 9.10. The number of aromatic nitrogens is 4. The van der Waals surface area contributed by atoms with Crippen molar-refractivity contribution in [2.45, 2.75) is 18.1 Å². The van der Waals surface area contributed by atoms with Crippen LogP contribution in [0.1, 0.15) is 10.4 Å². The second kappa shape index (κ2) is 11.5. The lowest BCUT2D eigenvalue weighted by Gasteiger charge is -2.08. The average molecular weight is 595 g/mol. The number of rotatable bonds is 9. The molecule has 4 aromatic rings. The van der Waals surface area contributed by atoms with E-state index in [0.29, 0.717) is 39.1 Å². The Balaban J connectivity index is 1.40. The highest BCUT2D eigenvalue weighted by atomic mass is 79.9. The lowest BCUT2D eigenvalue weighted by atomic mass is 10.1. The molecular weight excluding hydrogens is 577 g/mol. The molecule has 0 unspecified atom stereocenters. The van der Waals surface area contributed by atoms with E-state index in [0.717, 1.165) is 20.5 Å². The van der Waals surface area contributed by atoms with Crippen molar-refractivity contribution < 1.29 is 4.79 Å². The molecule has 2 aromatic heterocycles. The molecule has 174 valence electrons. The number of carbonyl (C=O) groups is 1. The predicted octanol–water partition coefficient (Wildman–Crippen LogP) is 6.98. The Morgan fingerprint density at radius 3 is 2.85 bits per heavy atom. The molecule has 0 radical (unpaired) electrons.